The Balaban J connectivity index is 2.90. The lowest BCUT2D eigenvalue weighted by molar-refractivity contribution is 0.175. The zero-order valence-corrected chi connectivity index (χ0v) is 13.8. The summed E-state index contributed by atoms with van der Waals surface area (Å²) in [6.07, 6.45) is 3.72. The third-order valence-corrected chi connectivity index (χ3v) is 4.77. The summed E-state index contributed by atoms with van der Waals surface area (Å²) in [4.78, 5) is 0.219. The molecule has 0 fully saturated rings. The number of nitrogens with two attached hydrogens (primary N) is 1. The number of aromatic nitrogens is 2. The SMILES string of the molecule is COCCN(CC(C)C)S(=O)(=O)c1cnn(CCCN)c1. The minimum Gasteiger partial charge on any atom is -0.383 e. The van der Waals surface area contributed by atoms with Crippen LogP contribution in [0.3, 0.4) is 0 Å². The largest absolute Gasteiger partial charge is 0.383 e. The minimum absolute atomic E-state index is 0.219. The molecule has 7 nitrogen and oxygen atoms in total. The average Bonchev–Trinajstić information content (AvgIpc) is 2.90. The summed E-state index contributed by atoms with van der Waals surface area (Å²) in [5, 5.41) is 4.09. The first-order valence-corrected chi connectivity index (χ1v) is 8.57. The Labute approximate surface area is 127 Å². The van der Waals surface area contributed by atoms with Crippen LogP contribution in [-0.4, -0.2) is 55.9 Å². The molecule has 1 heterocycles. The monoisotopic (exact) mass is 318 g/mol. The highest BCUT2D eigenvalue weighted by Gasteiger charge is 2.26. The fourth-order valence-corrected chi connectivity index (χ4v) is 3.46. The highest BCUT2D eigenvalue weighted by atomic mass is 32.2. The van der Waals surface area contributed by atoms with E-state index in [0.717, 1.165) is 6.42 Å². The highest BCUT2D eigenvalue weighted by molar-refractivity contribution is 7.89. The van der Waals surface area contributed by atoms with Crippen molar-refractivity contribution in [1.82, 2.24) is 14.1 Å². The van der Waals surface area contributed by atoms with Gasteiger partial charge in [-0.2, -0.15) is 9.40 Å². The van der Waals surface area contributed by atoms with E-state index in [4.69, 9.17) is 10.5 Å². The van der Waals surface area contributed by atoms with Gasteiger partial charge in [-0.05, 0) is 18.9 Å². The van der Waals surface area contributed by atoms with Crippen molar-refractivity contribution in [2.24, 2.45) is 11.7 Å². The molecule has 0 aliphatic carbocycles. The molecule has 0 saturated carbocycles. The molecule has 1 aromatic heterocycles. The van der Waals surface area contributed by atoms with E-state index in [9.17, 15) is 8.42 Å². The van der Waals surface area contributed by atoms with E-state index in [2.05, 4.69) is 5.10 Å². The van der Waals surface area contributed by atoms with Gasteiger partial charge in [0.1, 0.15) is 4.90 Å². The molecule has 0 aromatic carbocycles. The van der Waals surface area contributed by atoms with Gasteiger partial charge in [0.25, 0.3) is 0 Å². The van der Waals surface area contributed by atoms with Gasteiger partial charge in [0.05, 0.1) is 12.8 Å². The first kappa shape index (κ1) is 18.1. The molecule has 2 N–H and O–H groups in total. The molecule has 0 atom stereocenters. The maximum absolute atomic E-state index is 12.7. The van der Waals surface area contributed by atoms with Crippen molar-refractivity contribution in [2.45, 2.75) is 31.7 Å². The van der Waals surface area contributed by atoms with E-state index < -0.39 is 10.0 Å². The number of hydrogen-bond donors (Lipinski definition) is 1. The van der Waals surface area contributed by atoms with Crippen LogP contribution in [0.1, 0.15) is 20.3 Å². The van der Waals surface area contributed by atoms with Gasteiger partial charge in [-0.15, -0.1) is 0 Å². The van der Waals surface area contributed by atoms with Crippen molar-refractivity contribution in [3.8, 4) is 0 Å². The molecule has 0 bridgehead atoms. The second-order valence-electron chi connectivity index (χ2n) is 5.33. The molecule has 8 heteroatoms. The summed E-state index contributed by atoms with van der Waals surface area (Å²) in [5.41, 5.74) is 5.45. The van der Waals surface area contributed by atoms with Crippen LogP contribution in [-0.2, 0) is 21.3 Å². The topological polar surface area (TPSA) is 90.5 Å². The molecule has 21 heavy (non-hydrogen) atoms. The molecule has 0 spiro atoms. The lowest BCUT2D eigenvalue weighted by Crippen LogP contribution is -2.36. The van der Waals surface area contributed by atoms with Gasteiger partial charge < -0.3 is 10.5 Å². The molecule has 0 saturated heterocycles. The molecule has 122 valence electrons. The third-order valence-electron chi connectivity index (χ3n) is 2.95. The zero-order chi connectivity index (χ0) is 15.9. The predicted octanol–water partition coefficient (Wildman–Crippen LogP) is 0.525. The average molecular weight is 318 g/mol. The Hall–Kier alpha value is -0.960. The Kier molecular flexibility index (Phi) is 7.30. The summed E-state index contributed by atoms with van der Waals surface area (Å²) >= 11 is 0. The van der Waals surface area contributed by atoms with Gasteiger partial charge >= 0.3 is 0 Å². The molecular weight excluding hydrogens is 292 g/mol. The summed E-state index contributed by atoms with van der Waals surface area (Å²) in [5.74, 6) is 0.240. The second-order valence-corrected chi connectivity index (χ2v) is 7.27. The van der Waals surface area contributed by atoms with Crippen LogP contribution in [0.4, 0.5) is 0 Å². The maximum Gasteiger partial charge on any atom is 0.246 e. The summed E-state index contributed by atoms with van der Waals surface area (Å²) < 4.78 is 33.4. The smallest absolute Gasteiger partial charge is 0.246 e. The number of aryl methyl sites for hydroxylation is 1. The summed E-state index contributed by atoms with van der Waals surface area (Å²) in [6, 6.07) is 0. The molecule has 0 aliphatic rings. The molecule has 0 aliphatic heterocycles. The van der Waals surface area contributed by atoms with Gasteiger partial charge in [-0.3, -0.25) is 4.68 Å². The van der Waals surface area contributed by atoms with E-state index in [1.54, 1.807) is 18.0 Å². The normalized spacial score (nSPS) is 12.5. The van der Waals surface area contributed by atoms with E-state index >= 15 is 0 Å². The van der Waals surface area contributed by atoms with Crippen molar-refractivity contribution in [3.63, 3.8) is 0 Å². The molecule has 0 unspecified atom stereocenters. The molecule has 0 amide bonds. The first-order valence-electron chi connectivity index (χ1n) is 7.13. The van der Waals surface area contributed by atoms with E-state index in [1.807, 2.05) is 13.8 Å². The maximum atomic E-state index is 12.7. The van der Waals surface area contributed by atoms with Crippen LogP contribution in [0.5, 0.6) is 0 Å². The van der Waals surface area contributed by atoms with Crippen molar-refractivity contribution >= 4 is 10.0 Å². The Morgan fingerprint density at radius 3 is 2.76 bits per heavy atom. The van der Waals surface area contributed by atoms with Crippen LogP contribution in [0.2, 0.25) is 0 Å². The van der Waals surface area contributed by atoms with Crippen LogP contribution in [0.25, 0.3) is 0 Å². The van der Waals surface area contributed by atoms with Gasteiger partial charge in [-0.1, -0.05) is 13.8 Å². The molecular formula is C13H26N4O3S. The van der Waals surface area contributed by atoms with Crippen LogP contribution >= 0.6 is 0 Å². The van der Waals surface area contributed by atoms with Crippen LogP contribution in [0.15, 0.2) is 17.3 Å². The lowest BCUT2D eigenvalue weighted by Gasteiger charge is -2.22. The first-order chi connectivity index (χ1) is 9.91. The van der Waals surface area contributed by atoms with Crippen molar-refractivity contribution in [2.75, 3.05) is 33.4 Å². The second kappa shape index (κ2) is 8.47. The van der Waals surface area contributed by atoms with E-state index in [0.29, 0.717) is 32.8 Å². The molecule has 0 radical (unpaired) electrons. The third kappa shape index (κ3) is 5.39. The number of rotatable bonds is 10. The van der Waals surface area contributed by atoms with Crippen LogP contribution < -0.4 is 5.73 Å². The van der Waals surface area contributed by atoms with Gasteiger partial charge in [0, 0.05) is 32.9 Å². The summed E-state index contributed by atoms with van der Waals surface area (Å²) in [7, 11) is -1.97. The number of ether oxygens (including phenoxy) is 1. The van der Waals surface area contributed by atoms with Crippen molar-refractivity contribution < 1.29 is 13.2 Å². The number of nitrogens with zero attached hydrogens (tertiary/aromatic N) is 3. The molecule has 1 aromatic rings. The number of sulfonamides is 1. The van der Waals surface area contributed by atoms with Gasteiger partial charge in [-0.25, -0.2) is 8.42 Å². The fraction of sp³-hybridized carbons (Fsp3) is 0.769. The van der Waals surface area contributed by atoms with E-state index in [-0.39, 0.29) is 10.8 Å². The Bertz CT molecular complexity index is 513. The predicted molar refractivity (Wildman–Crippen MR) is 81.4 cm³/mol. The Morgan fingerprint density at radius 2 is 2.19 bits per heavy atom. The lowest BCUT2D eigenvalue weighted by atomic mass is 10.2. The minimum atomic E-state index is -3.53. The fourth-order valence-electron chi connectivity index (χ4n) is 1.91. The Morgan fingerprint density at radius 1 is 1.48 bits per heavy atom. The van der Waals surface area contributed by atoms with Crippen molar-refractivity contribution in [1.29, 1.82) is 0 Å². The summed E-state index contributed by atoms with van der Waals surface area (Å²) in [6.45, 7) is 6.31. The number of methoxy groups -OCH3 is 1. The van der Waals surface area contributed by atoms with Crippen molar-refractivity contribution in [3.05, 3.63) is 12.4 Å². The standard InChI is InChI=1S/C13H26N4O3S/c1-12(2)10-17(7-8-20-3)21(18,19)13-9-15-16(11-13)6-4-5-14/h9,11-12H,4-8,10,14H2,1-3H3. The van der Waals surface area contributed by atoms with E-state index in [1.165, 1.54) is 10.5 Å². The quantitative estimate of drug-likeness (QED) is 0.679. The highest BCUT2D eigenvalue weighted by Crippen LogP contribution is 2.16. The van der Waals surface area contributed by atoms with Gasteiger partial charge in [0.15, 0.2) is 0 Å². The van der Waals surface area contributed by atoms with Gasteiger partial charge in [0.2, 0.25) is 10.0 Å². The zero-order valence-electron chi connectivity index (χ0n) is 13.0. The molecule has 1 rings (SSSR count). The number of hydrogen-bond acceptors (Lipinski definition) is 5. The van der Waals surface area contributed by atoms with Crippen LogP contribution in [0, 0.1) is 5.92 Å².